The van der Waals surface area contributed by atoms with Gasteiger partial charge in [0.2, 0.25) is 5.89 Å². The number of fused-ring (bicyclic) bond motifs is 1. The van der Waals surface area contributed by atoms with Crippen LogP contribution in [0.2, 0.25) is 0 Å². The molecule has 104 valence electrons. The zero-order valence-corrected chi connectivity index (χ0v) is 11.7. The van der Waals surface area contributed by atoms with E-state index in [1.807, 2.05) is 0 Å². The lowest BCUT2D eigenvalue weighted by atomic mass is 9.77. The Balaban J connectivity index is 1.61. The molecule has 2 atom stereocenters. The molecule has 0 saturated carbocycles. The van der Waals surface area contributed by atoms with Crippen LogP contribution in [-0.2, 0) is 12.0 Å². The first kappa shape index (κ1) is 12.1. The van der Waals surface area contributed by atoms with Crippen LogP contribution in [0, 0.1) is 0 Å². The van der Waals surface area contributed by atoms with Gasteiger partial charge in [-0.3, -0.25) is 0 Å². The highest BCUT2D eigenvalue weighted by Gasteiger charge is 2.37. The Bertz CT molecular complexity index is 628. The lowest BCUT2D eigenvalue weighted by Gasteiger charge is -2.31. The molecule has 4 nitrogen and oxygen atoms in total. The molecular weight excluding hydrogens is 250 g/mol. The SMILES string of the molecule is CC1(c2nc(C3Cc4ccccc43)no2)CCCCN1. The molecule has 1 aromatic heterocycles. The highest BCUT2D eigenvalue weighted by molar-refractivity contribution is 5.43. The van der Waals surface area contributed by atoms with Gasteiger partial charge in [-0.15, -0.1) is 0 Å². The summed E-state index contributed by atoms with van der Waals surface area (Å²) in [5, 5.41) is 7.75. The molecule has 1 aliphatic heterocycles. The zero-order chi connectivity index (χ0) is 13.6. The molecule has 0 radical (unpaired) electrons. The number of nitrogens with one attached hydrogen (secondary N) is 1. The van der Waals surface area contributed by atoms with Gasteiger partial charge >= 0.3 is 0 Å². The van der Waals surface area contributed by atoms with Crippen molar-refractivity contribution in [2.45, 2.75) is 44.1 Å². The van der Waals surface area contributed by atoms with E-state index in [0.29, 0.717) is 5.92 Å². The third-order valence-corrected chi connectivity index (χ3v) is 4.70. The van der Waals surface area contributed by atoms with Crippen molar-refractivity contribution in [2.24, 2.45) is 0 Å². The second-order valence-electron chi connectivity index (χ2n) is 6.13. The van der Waals surface area contributed by atoms with Crippen LogP contribution in [-0.4, -0.2) is 16.7 Å². The summed E-state index contributed by atoms with van der Waals surface area (Å²) in [5.74, 6) is 1.90. The van der Waals surface area contributed by atoms with Crippen LogP contribution in [0.1, 0.15) is 54.9 Å². The first-order valence-corrected chi connectivity index (χ1v) is 7.43. The zero-order valence-electron chi connectivity index (χ0n) is 11.7. The smallest absolute Gasteiger partial charge is 0.246 e. The Hall–Kier alpha value is -1.68. The van der Waals surface area contributed by atoms with E-state index < -0.39 is 0 Å². The average molecular weight is 269 g/mol. The fourth-order valence-corrected chi connectivity index (χ4v) is 3.33. The summed E-state index contributed by atoms with van der Waals surface area (Å²) in [5.41, 5.74) is 2.61. The van der Waals surface area contributed by atoms with Crippen LogP contribution in [0.15, 0.2) is 28.8 Å². The van der Waals surface area contributed by atoms with Crippen LogP contribution < -0.4 is 5.32 Å². The minimum absolute atomic E-state index is 0.146. The molecule has 1 N–H and O–H groups in total. The highest BCUT2D eigenvalue weighted by Crippen LogP contribution is 2.39. The number of aromatic nitrogens is 2. The van der Waals surface area contributed by atoms with Gasteiger partial charge in [0, 0.05) is 0 Å². The predicted octanol–water partition coefficient (Wildman–Crippen LogP) is 2.75. The van der Waals surface area contributed by atoms with Crippen LogP contribution in [0.3, 0.4) is 0 Å². The Morgan fingerprint density at radius 1 is 1.30 bits per heavy atom. The number of rotatable bonds is 2. The molecule has 1 aliphatic carbocycles. The van der Waals surface area contributed by atoms with E-state index in [9.17, 15) is 0 Å². The second-order valence-corrected chi connectivity index (χ2v) is 6.13. The second kappa shape index (κ2) is 4.42. The van der Waals surface area contributed by atoms with Crippen molar-refractivity contribution in [2.75, 3.05) is 6.54 Å². The minimum Gasteiger partial charge on any atom is -0.337 e. The fourth-order valence-electron chi connectivity index (χ4n) is 3.33. The molecule has 1 aromatic carbocycles. The number of hydrogen-bond acceptors (Lipinski definition) is 4. The lowest BCUT2D eigenvalue weighted by Crippen LogP contribution is -2.43. The molecular formula is C16H19N3O. The molecule has 0 bridgehead atoms. The quantitative estimate of drug-likeness (QED) is 0.910. The number of piperidine rings is 1. The van der Waals surface area contributed by atoms with Crippen LogP contribution in [0.25, 0.3) is 0 Å². The molecule has 2 unspecified atom stereocenters. The highest BCUT2D eigenvalue weighted by atomic mass is 16.5. The van der Waals surface area contributed by atoms with Crippen molar-refractivity contribution in [1.29, 1.82) is 0 Å². The number of benzene rings is 1. The monoisotopic (exact) mass is 269 g/mol. The molecule has 0 amide bonds. The maximum absolute atomic E-state index is 5.56. The summed E-state index contributed by atoms with van der Waals surface area (Å²) in [6.07, 6.45) is 4.54. The Kier molecular flexibility index (Phi) is 2.67. The van der Waals surface area contributed by atoms with E-state index in [1.165, 1.54) is 24.0 Å². The molecule has 4 rings (SSSR count). The maximum Gasteiger partial charge on any atom is 0.246 e. The van der Waals surface area contributed by atoms with E-state index in [0.717, 1.165) is 31.1 Å². The minimum atomic E-state index is -0.146. The Morgan fingerprint density at radius 3 is 3.00 bits per heavy atom. The molecule has 2 heterocycles. The van der Waals surface area contributed by atoms with Gasteiger partial charge < -0.3 is 9.84 Å². The number of hydrogen-bond donors (Lipinski definition) is 1. The van der Waals surface area contributed by atoms with Crippen LogP contribution in [0.5, 0.6) is 0 Å². The molecule has 0 spiro atoms. The summed E-state index contributed by atoms with van der Waals surface area (Å²) < 4.78 is 5.56. The summed E-state index contributed by atoms with van der Waals surface area (Å²) >= 11 is 0. The summed E-state index contributed by atoms with van der Waals surface area (Å²) in [7, 11) is 0. The van der Waals surface area contributed by atoms with Crippen LogP contribution >= 0.6 is 0 Å². The van der Waals surface area contributed by atoms with Gasteiger partial charge in [0.15, 0.2) is 5.82 Å². The van der Waals surface area contributed by atoms with Crippen LogP contribution in [0.4, 0.5) is 0 Å². The van der Waals surface area contributed by atoms with E-state index in [-0.39, 0.29) is 5.54 Å². The first-order valence-electron chi connectivity index (χ1n) is 7.43. The fraction of sp³-hybridized carbons (Fsp3) is 0.500. The van der Waals surface area contributed by atoms with E-state index >= 15 is 0 Å². The van der Waals surface area contributed by atoms with Gasteiger partial charge in [0.1, 0.15) is 0 Å². The Morgan fingerprint density at radius 2 is 2.20 bits per heavy atom. The third-order valence-electron chi connectivity index (χ3n) is 4.70. The molecule has 2 aliphatic rings. The van der Waals surface area contributed by atoms with Crippen molar-refractivity contribution in [1.82, 2.24) is 15.5 Å². The van der Waals surface area contributed by atoms with E-state index in [2.05, 4.69) is 46.6 Å². The molecule has 4 heteroatoms. The standard InChI is InChI=1S/C16H19N3O/c1-16(8-4-5-9-17-16)15-18-14(19-20-15)13-10-11-6-2-3-7-12(11)13/h2-3,6-7,13,17H,4-5,8-10H2,1H3. The van der Waals surface area contributed by atoms with Gasteiger partial charge in [-0.05, 0) is 50.3 Å². The number of nitrogens with zero attached hydrogens (tertiary/aromatic N) is 2. The van der Waals surface area contributed by atoms with Gasteiger partial charge in [0.25, 0.3) is 0 Å². The largest absolute Gasteiger partial charge is 0.337 e. The summed E-state index contributed by atoms with van der Waals surface area (Å²) in [6.45, 7) is 3.19. The predicted molar refractivity (Wildman–Crippen MR) is 75.5 cm³/mol. The molecule has 2 aromatic rings. The Labute approximate surface area is 118 Å². The molecule has 1 saturated heterocycles. The average Bonchev–Trinajstić information content (AvgIpc) is 2.91. The van der Waals surface area contributed by atoms with Crippen molar-refractivity contribution in [3.63, 3.8) is 0 Å². The topological polar surface area (TPSA) is 51.0 Å². The van der Waals surface area contributed by atoms with E-state index in [4.69, 9.17) is 4.52 Å². The third kappa shape index (κ3) is 1.79. The van der Waals surface area contributed by atoms with Crippen molar-refractivity contribution >= 4 is 0 Å². The van der Waals surface area contributed by atoms with Gasteiger partial charge in [0.05, 0.1) is 11.5 Å². The van der Waals surface area contributed by atoms with Gasteiger partial charge in [-0.25, -0.2) is 0 Å². The normalized spacial score (nSPS) is 28.8. The molecule has 20 heavy (non-hydrogen) atoms. The first-order chi connectivity index (χ1) is 9.76. The molecule has 1 fully saturated rings. The van der Waals surface area contributed by atoms with Crippen molar-refractivity contribution < 1.29 is 4.52 Å². The van der Waals surface area contributed by atoms with Gasteiger partial charge in [-0.1, -0.05) is 29.4 Å². The van der Waals surface area contributed by atoms with E-state index in [1.54, 1.807) is 0 Å². The summed E-state index contributed by atoms with van der Waals surface area (Å²) in [4.78, 5) is 4.69. The summed E-state index contributed by atoms with van der Waals surface area (Å²) in [6, 6.07) is 8.51. The maximum atomic E-state index is 5.56. The van der Waals surface area contributed by atoms with Gasteiger partial charge in [-0.2, -0.15) is 4.98 Å². The van der Waals surface area contributed by atoms with Crippen molar-refractivity contribution in [3.05, 3.63) is 47.1 Å². The lowest BCUT2D eigenvalue weighted by molar-refractivity contribution is 0.206. The van der Waals surface area contributed by atoms with Crippen molar-refractivity contribution in [3.8, 4) is 0 Å².